The molecule has 3 fully saturated rings. The van der Waals surface area contributed by atoms with Crippen molar-refractivity contribution in [3.8, 4) is 11.8 Å². The molecule has 200 valence electrons. The van der Waals surface area contributed by atoms with Crippen molar-refractivity contribution in [1.29, 1.82) is 5.26 Å². The van der Waals surface area contributed by atoms with Crippen LogP contribution in [0.1, 0.15) is 50.6 Å². The summed E-state index contributed by atoms with van der Waals surface area (Å²) in [5.41, 5.74) is 1.83. The number of nitriles is 1. The van der Waals surface area contributed by atoms with Crippen LogP contribution in [0.5, 0.6) is 5.75 Å². The van der Waals surface area contributed by atoms with Crippen molar-refractivity contribution in [2.24, 2.45) is 0 Å². The fraction of sp³-hybridized carbons (Fsp3) is 0.571. The summed E-state index contributed by atoms with van der Waals surface area (Å²) in [5, 5.41) is 24.4. The lowest BCUT2D eigenvalue weighted by molar-refractivity contribution is 0.114. The van der Waals surface area contributed by atoms with Crippen molar-refractivity contribution in [3.05, 3.63) is 30.0 Å². The van der Waals surface area contributed by atoms with Gasteiger partial charge in [-0.1, -0.05) is 0 Å². The van der Waals surface area contributed by atoms with E-state index in [0.717, 1.165) is 79.3 Å². The molecule has 0 radical (unpaired) electrons. The molecule has 0 spiro atoms. The number of piperidine rings is 2. The van der Waals surface area contributed by atoms with Crippen LogP contribution in [-0.4, -0.2) is 80.9 Å². The largest absolute Gasteiger partial charge is 0.490 e. The van der Waals surface area contributed by atoms with Gasteiger partial charge in [0.05, 0.1) is 11.6 Å². The first-order chi connectivity index (χ1) is 18.5. The third kappa shape index (κ3) is 5.40. The van der Waals surface area contributed by atoms with E-state index in [1.807, 2.05) is 31.2 Å². The molecule has 2 bridgehead atoms. The van der Waals surface area contributed by atoms with E-state index < -0.39 is 0 Å². The molecule has 5 heterocycles. The van der Waals surface area contributed by atoms with Gasteiger partial charge in [-0.05, 0) is 64.6 Å². The van der Waals surface area contributed by atoms with E-state index in [1.165, 1.54) is 12.8 Å². The monoisotopic (exact) mass is 515 g/mol. The molecule has 1 aromatic carbocycles. The summed E-state index contributed by atoms with van der Waals surface area (Å²) >= 11 is 0. The van der Waals surface area contributed by atoms with Crippen LogP contribution in [-0.2, 0) is 0 Å². The fourth-order valence-electron chi connectivity index (χ4n) is 6.36. The molecular weight excluding hydrogens is 478 g/mol. The van der Waals surface area contributed by atoms with E-state index in [2.05, 4.69) is 43.7 Å². The minimum atomic E-state index is 0.231. The Morgan fingerprint density at radius 3 is 2.61 bits per heavy atom. The number of benzene rings is 1. The highest BCUT2D eigenvalue weighted by Crippen LogP contribution is 2.37. The number of aromatic amines is 1. The Morgan fingerprint density at radius 1 is 1.11 bits per heavy atom. The molecule has 10 nitrogen and oxygen atoms in total. The summed E-state index contributed by atoms with van der Waals surface area (Å²) in [6, 6.07) is 11.7. The zero-order chi connectivity index (χ0) is 26.1. The molecule has 0 aliphatic carbocycles. The summed E-state index contributed by atoms with van der Waals surface area (Å²) in [4.78, 5) is 14.7. The Bertz CT molecular complexity index is 1300. The minimum Gasteiger partial charge on any atom is -0.490 e. The number of nitrogens with zero attached hydrogens (tertiary/aromatic N) is 6. The average Bonchev–Trinajstić information content (AvgIpc) is 3.42. The Labute approximate surface area is 223 Å². The Balaban J connectivity index is 1.25. The third-order valence-electron chi connectivity index (χ3n) is 8.29. The van der Waals surface area contributed by atoms with Crippen LogP contribution in [0.2, 0.25) is 0 Å². The second-order valence-electron chi connectivity index (χ2n) is 11.1. The van der Waals surface area contributed by atoms with E-state index in [4.69, 9.17) is 20.0 Å². The Morgan fingerprint density at radius 2 is 1.89 bits per heavy atom. The first-order valence-corrected chi connectivity index (χ1v) is 13.9. The van der Waals surface area contributed by atoms with Gasteiger partial charge in [0.1, 0.15) is 17.7 Å². The molecule has 3 N–H and O–H groups in total. The van der Waals surface area contributed by atoms with Gasteiger partial charge in [0, 0.05) is 67.4 Å². The SMILES string of the molecule is Cc1cc(Nc2nc(NC3C[C@H]4CC[C@@H](C3)N4CCC#N)nc3cc(OC4CCN(C)CC4)ccc23)n[nH]1. The molecule has 10 heteroatoms. The maximum atomic E-state index is 9.05. The van der Waals surface area contributed by atoms with Crippen LogP contribution in [0.15, 0.2) is 24.3 Å². The topological polar surface area (TPSA) is 118 Å². The van der Waals surface area contributed by atoms with E-state index in [1.54, 1.807) is 0 Å². The van der Waals surface area contributed by atoms with Gasteiger partial charge in [0.15, 0.2) is 5.82 Å². The molecule has 38 heavy (non-hydrogen) atoms. The number of nitrogens with one attached hydrogen (secondary N) is 3. The number of ether oxygens (including phenoxy) is 1. The van der Waals surface area contributed by atoms with Gasteiger partial charge in [-0.15, -0.1) is 0 Å². The number of fused-ring (bicyclic) bond motifs is 3. The molecule has 3 atom stereocenters. The lowest BCUT2D eigenvalue weighted by atomic mass is 9.97. The fourth-order valence-corrected chi connectivity index (χ4v) is 6.36. The molecule has 0 amide bonds. The van der Waals surface area contributed by atoms with E-state index >= 15 is 0 Å². The minimum absolute atomic E-state index is 0.231. The van der Waals surface area contributed by atoms with Gasteiger partial charge in [0.2, 0.25) is 5.95 Å². The van der Waals surface area contributed by atoms with Gasteiger partial charge < -0.3 is 20.3 Å². The lowest BCUT2D eigenvalue weighted by Gasteiger charge is -2.38. The smallest absolute Gasteiger partial charge is 0.225 e. The van der Waals surface area contributed by atoms with Crippen LogP contribution < -0.4 is 15.4 Å². The van der Waals surface area contributed by atoms with E-state index in [0.29, 0.717) is 30.5 Å². The van der Waals surface area contributed by atoms with E-state index in [-0.39, 0.29) is 6.10 Å². The van der Waals surface area contributed by atoms with Gasteiger partial charge in [-0.25, -0.2) is 4.98 Å². The number of H-pyrrole nitrogens is 1. The number of aromatic nitrogens is 4. The number of rotatable bonds is 8. The number of hydrogen-bond donors (Lipinski definition) is 3. The summed E-state index contributed by atoms with van der Waals surface area (Å²) in [7, 11) is 2.16. The van der Waals surface area contributed by atoms with Crippen molar-refractivity contribution in [2.75, 3.05) is 37.3 Å². The molecule has 3 aliphatic rings. The van der Waals surface area contributed by atoms with Crippen molar-refractivity contribution >= 4 is 28.5 Å². The first kappa shape index (κ1) is 24.9. The van der Waals surface area contributed by atoms with Gasteiger partial charge in [-0.2, -0.15) is 15.3 Å². The third-order valence-corrected chi connectivity index (χ3v) is 8.29. The van der Waals surface area contributed by atoms with E-state index in [9.17, 15) is 0 Å². The quantitative estimate of drug-likeness (QED) is 0.406. The second kappa shape index (κ2) is 10.8. The number of aryl methyl sites for hydroxylation is 1. The van der Waals surface area contributed by atoms with Gasteiger partial charge >= 0.3 is 0 Å². The average molecular weight is 516 g/mol. The summed E-state index contributed by atoms with van der Waals surface area (Å²) < 4.78 is 6.37. The Hall–Kier alpha value is -3.42. The molecule has 1 unspecified atom stereocenters. The zero-order valence-electron chi connectivity index (χ0n) is 22.3. The number of anilines is 3. The predicted molar refractivity (Wildman–Crippen MR) is 148 cm³/mol. The first-order valence-electron chi connectivity index (χ1n) is 13.9. The maximum Gasteiger partial charge on any atom is 0.225 e. The highest BCUT2D eigenvalue weighted by molar-refractivity contribution is 5.92. The van der Waals surface area contributed by atoms with Crippen LogP contribution in [0.3, 0.4) is 0 Å². The van der Waals surface area contributed by atoms with Crippen molar-refractivity contribution in [1.82, 2.24) is 30.0 Å². The maximum absolute atomic E-state index is 9.05. The van der Waals surface area contributed by atoms with Crippen LogP contribution in [0.4, 0.5) is 17.6 Å². The molecule has 2 aromatic heterocycles. The zero-order valence-corrected chi connectivity index (χ0v) is 22.3. The molecule has 3 aromatic rings. The molecular formula is C28H37N9O. The highest BCUT2D eigenvalue weighted by Gasteiger charge is 2.40. The molecule has 3 saturated heterocycles. The predicted octanol–water partition coefficient (Wildman–Crippen LogP) is 4.20. The van der Waals surface area contributed by atoms with Gasteiger partial charge in [0.25, 0.3) is 0 Å². The Kier molecular flexibility index (Phi) is 7.04. The van der Waals surface area contributed by atoms with Crippen molar-refractivity contribution < 1.29 is 4.74 Å². The van der Waals surface area contributed by atoms with Crippen LogP contribution >= 0.6 is 0 Å². The second-order valence-corrected chi connectivity index (χ2v) is 11.1. The number of hydrogen-bond acceptors (Lipinski definition) is 9. The molecule has 6 rings (SSSR count). The molecule has 3 aliphatic heterocycles. The highest BCUT2D eigenvalue weighted by atomic mass is 16.5. The van der Waals surface area contributed by atoms with Gasteiger partial charge in [-0.3, -0.25) is 10.00 Å². The number of likely N-dealkylation sites (tertiary alicyclic amines) is 1. The summed E-state index contributed by atoms with van der Waals surface area (Å²) in [6.45, 7) is 4.97. The normalized spacial score (nSPS) is 24.4. The van der Waals surface area contributed by atoms with Crippen molar-refractivity contribution in [2.45, 2.75) is 76.1 Å². The molecule has 0 saturated carbocycles. The van der Waals surface area contributed by atoms with Crippen LogP contribution in [0.25, 0.3) is 10.9 Å². The van der Waals surface area contributed by atoms with Crippen molar-refractivity contribution in [3.63, 3.8) is 0 Å². The standard InChI is InChI=1S/C28H37N9O/c1-18-14-26(35-34-18)32-27-24-7-6-23(38-22-8-12-36(2)13-9-22)17-25(24)31-28(33-27)30-19-15-20-4-5-21(16-19)37(20)11-3-10-29/h6-7,14,17,19-22H,3-5,8-9,11-13,15-16H2,1-2H3,(H3,30,31,32,33,34,35)/t19?,20-,21+. The summed E-state index contributed by atoms with van der Waals surface area (Å²) in [5.74, 6) is 2.92. The summed E-state index contributed by atoms with van der Waals surface area (Å²) in [6.07, 6.45) is 7.40. The lowest BCUT2D eigenvalue weighted by Crippen LogP contribution is -2.47. The van der Waals surface area contributed by atoms with Crippen LogP contribution in [0, 0.1) is 18.3 Å².